The van der Waals surface area contributed by atoms with Crippen molar-refractivity contribution in [3.63, 3.8) is 0 Å². The molecule has 2 rings (SSSR count). The Morgan fingerprint density at radius 2 is 0.308 bits per heavy atom. The van der Waals surface area contributed by atoms with Crippen molar-refractivity contribution in [1.82, 2.24) is 0 Å². The zero-order valence-corrected chi connectivity index (χ0v) is 10.6. The molecule has 0 saturated heterocycles. The summed E-state index contributed by atoms with van der Waals surface area (Å²) in [7, 11) is 0. The third-order valence-corrected chi connectivity index (χ3v) is 1.33. The van der Waals surface area contributed by atoms with Crippen LogP contribution in [0.5, 0.6) is 0 Å². The normalized spacial score (nSPS) is 7.38. The molecule has 0 heterocycles. The maximum atomic E-state index is 2.00. The Hall–Kier alpha value is -0.937. The van der Waals surface area contributed by atoms with E-state index in [2.05, 4.69) is 0 Å². The summed E-state index contributed by atoms with van der Waals surface area (Å²) < 4.78 is 0. The standard InChI is InChI=1S/2C6H6.Zn/c2*1-2-4-6-5-3-1;/h2*1-6H;. The van der Waals surface area contributed by atoms with Gasteiger partial charge in [0.1, 0.15) is 0 Å². The van der Waals surface area contributed by atoms with Gasteiger partial charge in [-0.1, -0.05) is 72.8 Å². The third-order valence-electron chi connectivity index (χ3n) is 1.33. The monoisotopic (exact) mass is 220 g/mol. The van der Waals surface area contributed by atoms with Gasteiger partial charge in [-0.25, -0.2) is 0 Å². The average Bonchev–Trinajstić information content (AvgIpc) is 2.24. The van der Waals surface area contributed by atoms with Crippen molar-refractivity contribution in [2.24, 2.45) is 0 Å². The molecule has 0 nitrogen and oxygen atoms in total. The Kier molecular flexibility index (Phi) is 8.49. The average molecular weight is 222 g/mol. The molecule has 0 amide bonds. The van der Waals surface area contributed by atoms with Crippen LogP contribution in [0.2, 0.25) is 0 Å². The van der Waals surface area contributed by atoms with E-state index >= 15 is 0 Å². The minimum absolute atomic E-state index is 0. The molecule has 0 bridgehead atoms. The molecule has 2 aromatic carbocycles. The van der Waals surface area contributed by atoms with E-state index < -0.39 is 0 Å². The van der Waals surface area contributed by atoms with Gasteiger partial charge in [0.05, 0.1) is 0 Å². The molecule has 0 N–H and O–H groups in total. The molecular formula is C12H12Zn. The number of hydrogen-bond donors (Lipinski definition) is 0. The van der Waals surface area contributed by atoms with E-state index in [4.69, 9.17) is 0 Å². The van der Waals surface area contributed by atoms with Crippen LogP contribution in [-0.4, -0.2) is 0 Å². The first-order valence-corrected chi connectivity index (χ1v) is 4.00. The molecule has 62 valence electrons. The zero-order valence-electron chi connectivity index (χ0n) is 7.64. The first kappa shape index (κ1) is 12.1. The van der Waals surface area contributed by atoms with E-state index in [1.54, 1.807) is 0 Å². The van der Waals surface area contributed by atoms with Gasteiger partial charge in [-0.3, -0.25) is 0 Å². The summed E-state index contributed by atoms with van der Waals surface area (Å²) in [5.74, 6) is 0. The van der Waals surface area contributed by atoms with Crippen LogP contribution < -0.4 is 0 Å². The third kappa shape index (κ3) is 7.42. The van der Waals surface area contributed by atoms with Crippen molar-refractivity contribution in [3.8, 4) is 0 Å². The minimum Gasteiger partial charge on any atom is -0.0623 e. The summed E-state index contributed by atoms with van der Waals surface area (Å²) in [5.41, 5.74) is 0. The van der Waals surface area contributed by atoms with E-state index in [0.29, 0.717) is 0 Å². The summed E-state index contributed by atoms with van der Waals surface area (Å²) in [6.45, 7) is 0. The van der Waals surface area contributed by atoms with Gasteiger partial charge in [-0.2, -0.15) is 0 Å². The van der Waals surface area contributed by atoms with Gasteiger partial charge in [-0.05, 0) is 0 Å². The fourth-order valence-electron chi connectivity index (χ4n) is 0.770. The van der Waals surface area contributed by atoms with Crippen molar-refractivity contribution in [2.45, 2.75) is 0 Å². The Morgan fingerprint density at radius 1 is 0.231 bits per heavy atom. The van der Waals surface area contributed by atoms with Crippen molar-refractivity contribution >= 4 is 0 Å². The van der Waals surface area contributed by atoms with Gasteiger partial charge in [0, 0.05) is 19.5 Å². The fourth-order valence-corrected chi connectivity index (χ4v) is 0.770. The van der Waals surface area contributed by atoms with E-state index in [9.17, 15) is 0 Å². The van der Waals surface area contributed by atoms with Crippen LogP contribution in [0.1, 0.15) is 0 Å². The molecule has 0 aliphatic heterocycles. The van der Waals surface area contributed by atoms with E-state index in [1.807, 2.05) is 72.8 Å². The van der Waals surface area contributed by atoms with Crippen molar-refractivity contribution in [3.05, 3.63) is 72.8 Å². The summed E-state index contributed by atoms with van der Waals surface area (Å²) >= 11 is 0. The van der Waals surface area contributed by atoms with Crippen LogP contribution in [0, 0.1) is 0 Å². The largest absolute Gasteiger partial charge is 0.0623 e. The Labute approximate surface area is 92.4 Å². The van der Waals surface area contributed by atoms with Crippen molar-refractivity contribution < 1.29 is 19.5 Å². The molecule has 1 heteroatoms. The molecule has 0 unspecified atom stereocenters. The SMILES string of the molecule is [Zn].c1ccccc1.c1ccccc1. The number of rotatable bonds is 0. The zero-order chi connectivity index (χ0) is 8.49. The number of hydrogen-bond acceptors (Lipinski definition) is 0. The summed E-state index contributed by atoms with van der Waals surface area (Å²) in [6.07, 6.45) is 0. The van der Waals surface area contributed by atoms with Crippen molar-refractivity contribution in [1.29, 1.82) is 0 Å². The molecule has 0 fully saturated rings. The Bertz CT molecular complexity index is 181. The van der Waals surface area contributed by atoms with Crippen molar-refractivity contribution in [2.75, 3.05) is 0 Å². The number of benzene rings is 2. The maximum absolute atomic E-state index is 2.00. The maximum Gasteiger partial charge on any atom is 0 e. The molecule has 13 heavy (non-hydrogen) atoms. The molecule has 0 aliphatic carbocycles. The molecular weight excluding hydrogens is 210 g/mol. The summed E-state index contributed by atoms with van der Waals surface area (Å²) in [5, 5.41) is 0. The first-order chi connectivity index (χ1) is 6.00. The fraction of sp³-hybridized carbons (Fsp3) is 0. The molecule has 0 saturated carbocycles. The quantitative estimate of drug-likeness (QED) is 0.599. The molecule has 0 aromatic heterocycles. The molecule has 0 atom stereocenters. The van der Waals surface area contributed by atoms with Crippen LogP contribution >= 0.6 is 0 Å². The van der Waals surface area contributed by atoms with Crippen LogP contribution in [-0.2, 0) is 19.5 Å². The van der Waals surface area contributed by atoms with Gasteiger partial charge in [-0.15, -0.1) is 0 Å². The molecule has 0 radical (unpaired) electrons. The van der Waals surface area contributed by atoms with E-state index in [0.717, 1.165) is 0 Å². The van der Waals surface area contributed by atoms with E-state index in [-0.39, 0.29) is 19.5 Å². The second-order valence-corrected chi connectivity index (χ2v) is 2.31. The van der Waals surface area contributed by atoms with Gasteiger partial charge in [0.25, 0.3) is 0 Å². The Morgan fingerprint density at radius 3 is 0.385 bits per heavy atom. The second kappa shape index (κ2) is 9.15. The van der Waals surface area contributed by atoms with Crippen LogP contribution in [0.25, 0.3) is 0 Å². The van der Waals surface area contributed by atoms with Gasteiger partial charge < -0.3 is 0 Å². The summed E-state index contributed by atoms with van der Waals surface area (Å²) in [6, 6.07) is 24.0. The molecule has 0 aliphatic rings. The minimum atomic E-state index is 0. The smallest absolute Gasteiger partial charge is 0 e. The van der Waals surface area contributed by atoms with Gasteiger partial charge in [0.15, 0.2) is 0 Å². The predicted molar refractivity (Wildman–Crippen MR) is 52.9 cm³/mol. The Balaban J connectivity index is 0.000000206. The molecule has 2 aromatic rings. The van der Waals surface area contributed by atoms with Crippen LogP contribution in [0.15, 0.2) is 72.8 Å². The predicted octanol–water partition coefficient (Wildman–Crippen LogP) is 3.37. The first-order valence-electron chi connectivity index (χ1n) is 4.00. The summed E-state index contributed by atoms with van der Waals surface area (Å²) in [4.78, 5) is 0. The van der Waals surface area contributed by atoms with Crippen LogP contribution in [0.3, 0.4) is 0 Å². The molecule has 0 spiro atoms. The van der Waals surface area contributed by atoms with Gasteiger partial charge >= 0.3 is 0 Å². The van der Waals surface area contributed by atoms with Gasteiger partial charge in [0.2, 0.25) is 0 Å². The topological polar surface area (TPSA) is 0 Å². The van der Waals surface area contributed by atoms with E-state index in [1.165, 1.54) is 0 Å². The second-order valence-electron chi connectivity index (χ2n) is 2.31. The van der Waals surface area contributed by atoms with Crippen LogP contribution in [0.4, 0.5) is 0 Å².